The molecule has 5 nitrogen and oxygen atoms in total. The van der Waals surface area contributed by atoms with Crippen molar-refractivity contribution in [2.45, 2.75) is 52.5 Å². The number of likely N-dealkylation sites (tertiary alicyclic amines) is 1. The lowest BCUT2D eigenvalue weighted by Crippen LogP contribution is -2.48. The molecule has 1 aliphatic rings. The Morgan fingerprint density at radius 3 is 2.38 bits per heavy atom. The summed E-state index contributed by atoms with van der Waals surface area (Å²) in [5, 5.41) is 2.74. The van der Waals surface area contributed by atoms with E-state index in [0.717, 1.165) is 44.5 Å². The molecule has 0 spiro atoms. The van der Waals surface area contributed by atoms with Gasteiger partial charge in [0.1, 0.15) is 0 Å². The molecule has 1 unspecified atom stereocenters. The molecule has 1 N–H and O–H groups in total. The van der Waals surface area contributed by atoms with Crippen LogP contribution in [-0.4, -0.2) is 42.4 Å². The first-order valence-electron chi connectivity index (χ1n) is 9.07. The van der Waals surface area contributed by atoms with Crippen LogP contribution < -0.4 is 10.2 Å². The van der Waals surface area contributed by atoms with Gasteiger partial charge in [-0.3, -0.25) is 9.59 Å². The molecule has 0 bridgehead atoms. The monoisotopic (exact) mass is 331 g/mol. The largest absolute Gasteiger partial charge is 0.372 e. The average molecular weight is 331 g/mol. The van der Waals surface area contributed by atoms with Gasteiger partial charge in [-0.05, 0) is 63.8 Å². The lowest BCUT2D eigenvalue weighted by atomic mass is 10.00. The SMILES string of the molecule is CCC1CCCCN1C(=O)C(=O)Nc1ccc(N(CC)CC)cc1. The van der Waals surface area contributed by atoms with Crippen molar-refractivity contribution in [3.05, 3.63) is 24.3 Å². The predicted octanol–water partition coefficient (Wildman–Crippen LogP) is 3.26. The zero-order valence-electron chi connectivity index (χ0n) is 15.0. The van der Waals surface area contributed by atoms with Crippen molar-refractivity contribution in [2.24, 2.45) is 0 Å². The first-order valence-corrected chi connectivity index (χ1v) is 9.07. The summed E-state index contributed by atoms with van der Waals surface area (Å²) >= 11 is 0. The number of nitrogens with zero attached hydrogens (tertiary/aromatic N) is 2. The summed E-state index contributed by atoms with van der Waals surface area (Å²) in [5.74, 6) is -0.944. The first-order chi connectivity index (χ1) is 11.6. The van der Waals surface area contributed by atoms with Crippen molar-refractivity contribution in [3.8, 4) is 0 Å². The Morgan fingerprint density at radius 1 is 1.12 bits per heavy atom. The lowest BCUT2D eigenvalue weighted by Gasteiger charge is -2.34. The molecule has 1 aromatic rings. The normalized spacial score (nSPS) is 17.5. The Morgan fingerprint density at radius 2 is 1.79 bits per heavy atom. The van der Waals surface area contributed by atoms with Crippen molar-refractivity contribution < 1.29 is 9.59 Å². The van der Waals surface area contributed by atoms with E-state index in [0.29, 0.717) is 12.2 Å². The molecule has 1 saturated heterocycles. The van der Waals surface area contributed by atoms with Crippen molar-refractivity contribution in [3.63, 3.8) is 0 Å². The Balaban J connectivity index is 1.99. The van der Waals surface area contributed by atoms with Crippen LogP contribution in [0.3, 0.4) is 0 Å². The van der Waals surface area contributed by atoms with Crippen LogP contribution in [0.15, 0.2) is 24.3 Å². The van der Waals surface area contributed by atoms with Gasteiger partial charge in [0, 0.05) is 37.1 Å². The second-order valence-corrected chi connectivity index (χ2v) is 6.23. The van der Waals surface area contributed by atoms with E-state index in [1.54, 1.807) is 4.90 Å². The number of carbonyl (C=O) groups is 2. The molecule has 0 saturated carbocycles. The minimum absolute atomic E-state index is 0.196. The van der Waals surface area contributed by atoms with E-state index in [1.807, 2.05) is 24.3 Å². The number of benzene rings is 1. The summed E-state index contributed by atoms with van der Waals surface area (Å²) in [6.45, 7) is 8.86. The van der Waals surface area contributed by atoms with Crippen LogP contribution in [0.4, 0.5) is 11.4 Å². The van der Waals surface area contributed by atoms with Gasteiger partial charge in [0.05, 0.1) is 0 Å². The maximum absolute atomic E-state index is 12.4. The van der Waals surface area contributed by atoms with Gasteiger partial charge in [0.25, 0.3) is 0 Å². The highest BCUT2D eigenvalue weighted by molar-refractivity contribution is 6.39. The van der Waals surface area contributed by atoms with Crippen LogP contribution in [0, 0.1) is 0 Å². The molecule has 5 heteroatoms. The summed E-state index contributed by atoms with van der Waals surface area (Å²) in [5.41, 5.74) is 1.78. The molecule has 1 aromatic carbocycles. The maximum Gasteiger partial charge on any atom is 0.313 e. The highest BCUT2D eigenvalue weighted by atomic mass is 16.2. The molecule has 24 heavy (non-hydrogen) atoms. The zero-order chi connectivity index (χ0) is 17.5. The fraction of sp³-hybridized carbons (Fsp3) is 0.579. The molecule has 132 valence electrons. The van der Waals surface area contributed by atoms with E-state index in [4.69, 9.17) is 0 Å². The minimum Gasteiger partial charge on any atom is -0.372 e. The smallest absolute Gasteiger partial charge is 0.313 e. The Hall–Kier alpha value is -2.04. The Labute approximate surface area is 145 Å². The number of rotatable bonds is 5. The van der Waals surface area contributed by atoms with Gasteiger partial charge < -0.3 is 15.1 Å². The van der Waals surface area contributed by atoms with E-state index in [-0.39, 0.29) is 6.04 Å². The molecule has 0 aliphatic carbocycles. The summed E-state index contributed by atoms with van der Waals surface area (Å²) in [6, 6.07) is 7.85. The number of hydrogen-bond acceptors (Lipinski definition) is 3. The highest BCUT2D eigenvalue weighted by Gasteiger charge is 2.29. The second kappa shape index (κ2) is 8.71. The van der Waals surface area contributed by atoms with E-state index in [2.05, 4.69) is 31.0 Å². The summed E-state index contributed by atoms with van der Waals surface area (Å²) in [6.07, 6.45) is 4.01. The molecule has 1 aliphatic heterocycles. The molecule has 1 fully saturated rings. The molecule has 1 atom stereocenters. The number of amides is 2. The minimum atomic E-state index is -0.536. The fourth-order valence-corrected chi connectivity index (χ4v) is 3.35. The number of hydrogen-bond donors (Lipinski definition) is 1. The molecule has 2 amide bonds. The number of carbonyl (C=O) groups excluding carboxylic acids is 2. The number of nitrogens with one attached hydrogen (secondary N) is 1. The van der Waals surface area contributed by atoms with Crippen molar-refractivity contribution in [2.75, 3.05) is 29.9 Å². The van der Waals surface area contributed by atoms with Gasteiger partial charge in [-0.2, -0.15) is 0 Å². The van der Waals surface area contributed by atoms with E-state index in [9.17, 15) is 9.59 Å². The Bertz CT molecular complexity index is 552. The quantitative estimate of drug-likeness (QED) is 0.843. The molecule has 0 aromatic heterocycles. The first kappa shape index (κ1) is 18.3. The Kier molecular flexibility index (Phi) is 6.64. The predicted molar refractivity (Wildman–Crippen MR) is 98.3 cm³/mol. The van der Waals surface area contributed by atoms with Crippen molar-refractivity contribution in [1.82, 2.24) is 4.90 Å². The van der Waals surface area contributed by atoms with Crippen LogP contribution in [0.1, 0.15) is 46.5 Å². The van der Waals surface area contributed by atoms with Crippen LogP contribution in [0.25, 0.3) is 0 Å². The van der Waals surface area contributed by atoms with Crippen LogP contribution in [0.2, 0.25) is 0 Å². The van der Waals surface area contributed by atoms with E-state index < -0.39 is 11.8 Å². The van der Waals surface area contributed by atoms with Crippen molar-refractivity contribution in [1.29, 1.82) is 0 Å². The van der Waals surface area contributed by atoms with E-state index in [1.165, 1.54) is 0 Å². The van der Waals surface area contributed by atoms with Gasteiger partial charge in [-0.1, -0.05) is 6.92 Å². The molecule has 1 heterocycles. The molecule has 2 rings (SSSR count). The third-order valence-corrected chi connectivity index (χ3v) is 4.81. The van der Waals surface area contributed by atoms with Crippen LogP contribution in [0.5, 0.6) is 0 Å². The average Bonchev–Trinajstić information content (AvgIpc) is 2.63. The molecule has 0 radical (unpaired) electrons. The van der Waals surface area contributed by atoms with Gasteiger partial charge in [0.2, 0.25) is 0 Å². The van der Waals surface area contributed by atoms with Crippen LogP contribution >= 0.6 is 0 Å². The summed E-state index contributed by atoms with van der Waals surface area (Å²) in [4.78, 5) is 28.7. The molecular formula is C19H29N3O2. The number of anilines is 2. The maximum atomic E-state index is 12.4. The van der Waals surface area contributed by atoms with E-state index >= 15 is 0 Å². The third-order valence-electron chi connectivity index (χ3n) is 4.81. The summed E-state index contributed by atoms with van der Waals surface area (Å²) in [7, 11) is 0. The third kappa shape index (κ3) is 4.28. The highest BCUT2D eigenvalue weighted by Crippen LogP contribution is 2.21. The van der Waals surface area contributed by atoms with Gasteiger partial charge in [0.15, 0.2) is 0 Å². The van der Waals surface area contributed by atoms with Gasteiger partial charge in [-0.15, -0.1) is 0 Å². The standard InChI is InChI=1S/C19H29N3O2/c1-4-16-9-7-8-14-22(16)19(24)18(23)20-15-10-12-17(13-11-15)21(5-2)6-3/h10-13,16H,4-9,14H2,1-3H3,(H,20,23). The topological polar surface area (TPSA) is 52.7 Å². The van der Waals surface area contributed by atoms with Gasteiger partial charge in [-0.25, -0.2) is 0 Å². The lowest BCUT2D eigenvalue weighted by molar-refractivity contribution is -0.145. The second-order valence-electron chi connectivity index (χ2n) is 6.23. The van der Waals surface area contributed by atoms with Crippen molar-refractivity contribution >= 4 is 23.2 Å². The zero-order valence-corrected chi connectivity index (χ0v) is 15.0. The van der Waals surface area contributed by atoms with Gasteiger partial charge >= 0.3 is 11.8 Å². The molecular weight excluding hydrogens is 302 g/mol. The number of piperidine rings is 1. The van der Waals surface area contributed by atoms with Crippen LogP contribution in [-0.2, 0) is 9.59 Å². The fourth-order valence-electron chi connectivity index (χ4n) is 3.35. The summed E-state index contributed by atoms with van der Waals surface area (Å²) < 4.78 is 0.